The van der Waals surface area contributed by atoms with Crippen molar-refractivity contribution in [2.75, 3.05) is 6.61 Å². The van der Waals surface area contributed by atoms with E-state index >= 15 is 0 Å². The lowest BCUT2D eigenvalue weighted by atomic mass is 10.2. The molecule has 0 bridgehead atoms. The van der Waals surface area contributed by atoms with Gasteiger partial charge in [-0.05, 0) is 49.4 Å². The summed E-state index contributed by atoms with van der Waals surface area (Å²) in [4.78, 5) is 19.7. The summed E-state index contributed by atoms with van der Waals surface area (Å²) in [5, 5.41) is 9.47. The normalized spacial score (nSPS) is 11.9. The second-order valence-corrected chi connectivity index (χ2v) is 6.10. The number of benzene rings is 2. The average Bonchev–Trinajstić information content (AvgIpc) is 2.63. The molecule has 26 heavy (non-hydrogen) atoms. The van der Waals surface area contributed by atoms with Gasteiger partial charge in [-0.25, -0.2) is 9.78 Å². The van der Waals surface area contributed by atoms with Gasteiger partial charge in [0.1, 0.15) is 11.5 Å². The van der Waals surface area contributed by atoms with Crippen LogP contribution >= 0.6 is 11.6 Å². The summed E-state index contributed by atoms with van der Waals surface area (Å²) in [7, 11) is 0. The minimum absolute atomic E-state index is 0.444. The maximum atomic E-state index is 10.8. The van der Waals surface area contributed by atoms with Crippen LogP contribution in [0.25, 0.3) is 11.0 Å². The van der Waals surface area contributed by atoms with Crippen molar-refractivity contribution in [1.29, 1.82) is 0 Å². The molecule has 1 heterocycles. The highest BCUT2D eigenvalue weighted by Gasteiger charge is 2.12. The van der Waals surface area contributed by atoms with Crippen LogP contribution in [-0.2, 0) is 11.2 Å². The fraction of sp³-hybridized carbons (Fsp3) is 0.211. The van der Waals surface area contributed by atoms with Gasteiger partial charge in [-0.1, -0.05) is 11.6 Å². The van der Waals surface area contributed by atoms with Crippen molar-refractivity contribution < 1.29 is 19.4 Å². The molecule has 0 amide bonds. The number of aromatic nitrogens is 2. The van der Waals surface area contributed by atoms with Gasteiger partial charge in [-0.3, -0.25) is 4.98 Å². The Hall–Kier alpha value is -2.86. The highest BCUT2D eigenvalue weighted by molar-refractivity contribution is 6.31. The number of aliphatic carboxylic acids is 1. The number of halogens is 1. The van der Waals surface area contributed by atoms with Crippen LogP contribution in [0.5, 0.6) is 11.5 Å². The molecule has 7 heteroatoms. The Bertz CT molecular complexity index is 915. The number of carbonyl (C=O) groups is 1. The lowest BCUT2D eigenvalue weighted by Gasteiger charge is -2.11. The van der Waals surface area contributed by atoms with Crippen LogP contribution < -0.4 is 9.47 Å². The van der Waals surface area contributed by atoms with Crippen molar-refractivity contribution in [3.63, 3.8) is 0 Å². The first-order valence-electron chi connectivity index (χ1n) is 8.05. The Morgan fingerprint density at radius 3 is 2.62 bits per heavy atom. The number of ether oxygens (including phenoxy) is 2. The summed E-state index contributed by atoms with van der Waals surface area (Å²) >= 11 is 5.94. The van der Waals surface area contributed by atoms with Crippen molar-refractivity contribution in [3.05, 3.63) is 59.4 Å². The first-order chi connectivity index (χ1) is 12.5. The summed E-state index contributed by atoms with van der Waals surface area (Å²) < 4.78 is 11.0. The number of carboxylic acid groups (broad SMARTS) is 1. The zero-order chi connectivity index (χ0) is 18.5. The summed E-state index contributed by atoms with van der Waals surface area (Å²) in [5.41, 5.74) is 2.38. The number of carboxylic acids is 1. The van der Waals surface area contributed by atoms with Crippen LogP contribution in [0.15, 0.2) is 48.7 Å². The molecule has 0 aliphatic rings. The van der Waals surface area contributed by atoms with E-state index in [9.17, 15) is 4.79 Å². The van der Waals surface area contributed by atoms with E-state index in [-0.39, 0.29) is 0 Å². The average molecular weight is 373 g/mol. The Kier molecular flexibility index (Phi) is 5.53. The van der Waals surface area contributed by atoms with Crippen LogP contribution in [0, 0.1) is 0 Å². The summed E-state index contributed by atoms with van der Waals surface area (Å²) in [6, 6.07) is 12.2. The van der Waals surface area contributed by atoms with Crippen LogP contribution in [0.2, 0.25) is 5.02 Å². The maximum absolute atomic E-state index is 10.8. The molecule has 1 atom stereocenters. The monoisotopic (exact) mass is 372 g/mol. The second kappa shape index (κ2) is 8.01. The first-order valence-corrected chi connectivity index (χ1v) is 8.42. The van der Waals surface area contributed by atoms with Crippen LogP contribution in [-0.4, -0.2) is 33.8 Å². The molecule has 0 aliphatic carbocycles. The molecular formula is C19H17ClN2O4. The fourth-order valence-corrected chi connectivity index (χ4v) is 2.45. The highest BCUT2D eigenvalue weighted by atomic mass is 35.5. The largest absolute Gasteiger partial charge is 0.493 e. The molecule has 2 aromatic carbocycles. The van der Waals surface area contributed by atoms with Gasteiger partial charge >= 0.3 is 5.97 Å². The van der Waals surface area contributed by atoms with Crippen molar-refractivity contribution in [2.45, 2.75) is 19.4 Å². The van der Waals surface area contributed by atoms with Gasteiger partial charge in [-0.2, -0.15) is 0 Å². The number of rotatable bonds is 7. The van der Waals surface area contributed by atoms with E-state index in [0.717, 1.165) is 16.7 Å². The minimum Gasteiger partial charge on any atom is -0.493 e. The Labute approximate surface area is 155 Å². The summed E-state index contributed by atoms with van der Waals surface area (Å²) in [5.74, 6) is 0.135. The Morgan fingerprint density at radius 2 is 1.88 bits per heavy atom. The van der Waals surface area contributed by atoms with E-state index in [4.69, 9.17) is 26.2 Å². The zero-order valence-electron chi connectivity index (χ0n) is 14.1. The molecule has 0 radical (unpaired) electrons. The van der Waals surface area contributed by atoms with Crippen molar-refractivity contribution in [3.8, 4) is 11.5 Å². The van der Waals surface area contributed by atoms with E-state index in [1.54, 1.807) is 42.6 Å². The zero-order valence-corrected chi connectivity index (χ0v) is 14.8. The standard InChI is InChI=1S/C19H17ClN2O4/c1-12(19(23)24)26-16-5-3-15(4-6-16)25-9-8-14-11-21-18-10-13(20)2-7-17(18)22-14/h2-7,10-12H,8-9H2,1H3,(H,23,24)/t12-/m1/s1. The van der Waals surface area contributed by atoms with Gasteiger partial charge in [0.2, 0.25) is 0 Å². The van der Waals surface area contributed by atoms with Gasteiger partial charge in [0.05, 0.1) is 23.3 Å². The Balaban J connectivity index is 1.54. The molecule has 0 fully saturated rings. The van der Waals surface area contributed by atoms with Gasteiger partial charge < -0.3 is 14.6 Å². The van der Waals surface area contributed by atoms with Gasteiger partial charge in [0.15, 0.2) is 6.10 Å². The molecule has 1 aromatic heterocycles. The molecule has 6 nitrogen and oxygen atoms in total. The van der Waals surface area contributed by atoms with Crippen LogP contribution in [0.3, 0.4) is 0 Å². The predicted molar refractivity (Wildman–Crippen MR) is 97.9 cm³/mol. The SMILES string of the molecule is C[C@@H](Oc1ccc(OCCc2cnc3cc(Cl)ccc3n2)cc1)C(=O)O. The maximum Gasteiger partial charge on any atom is 0.344 e. The molecule has 134 valence electrons. The Morgan fingerprint density at radius 1 is 1.15 bits per heavy atom. The second-order valence-electron chi connectivity index (χ2n) is 5.66. The first kappa shape index (κ1) is 17.9. The van der Waals surface area contributed by atoms with Crippen molar-refractivity contribution >= 4 is 28.6 Å². The summed E-state index contributed by atoms with van der Waals surface area (Å²) in [6.07, 6.45) is 1.43. The fourth-order valence-electron chi connectivity index (χ4n) is 2.29. The third-order valence-corrected chi connectivity index (χ3v) is 3.90. The molecule has 0 saturated heterocycles. The number of hydrogen-bond donors (Lipinski definition) is 1. The third kappa shape index (κ3) is 4.61. The van der Waals surface area contributed by atoms with E-state index in [1.807, 2.05) is 6.07 Å². The molecule has 3 rings (SSSR count). The van der Waals surface area contributed by atoms with Crippen LogP contribution in [0.1, 0.15) is 12.6 Å². The lowest BCUT2D eigenvalue weighted by molar-refractivity contribution is -0.144. The molecular weight excluding hydrogens is 356 g/mol. The van der Waals surface area contributed by atoms with Crippen molar-refractivity contribution in [2.24, 2.45) is 0 Å². The van der Waals surface area contributed by atoms with Crippen LogP contribution in [0.4, 0.5) is 0 Å². The highest BCUT2D eigenvalue weighted by Crippen LogP contribution is 2.19. The van der Waals surface area contributed by atoms with Gasteiger partial charge in [-0.15, -0.1) is 0 Å². The van der Waals surface area contributed by atoms with E-state index in [0.29, 0.717) is 29.5 Å². The molecule has 0 aliphatic heterocycles. The van der Waals surface area contributed by atoms with E-state index in [1.165, 1.54) is 6.92 Å². The predicted octanol–water partition coefficient (Wildman–Crippen LogP) is 3.76. The number of nitrogens with zero attached hydrogens (tertiary/aromatic N) is 2. The minimum atomic E-state index is -1.01. The molecule has 0 saturated carbocycles. The third-order valence-electron chi connectivity index (χ3n) is 3.67. The quantitative estimate of drug-likeness (QED) is 0.680. The van der Waals surface area contributed by atoms with Gasteiger partial charge in [0.25, 0.3) is 0 Å². The molecule has 3 aromatic rings. The number of fused-ring (bicyclic) bond motifs is 1. The molecule has 1 N–H and O–H groups in total. The lowest BCUT2D eigenvalue weighted by Crippen LogP contribution is -2.22. The topological polar surface area (TPSA) is 81.5 Å². The summed E-state index contributed by atoms with van der Waals surface area (Å²) in [6.45, 7) is 1.92. The smallest absolute Gasteiger partial charge is 0.344 e. The van der Waals surface area contributed by atoms with Gasteiger partial charge in [0, 0.05) is 17.6 Å². The molecule has 0 spiro atoms. The van der Waals surface area contributed by atoms with Crippen molar-refractivity contribution in [1.82, 2.24) is 9.97 Å². The van der Waals surface area contributed by atoms with E-state index < -0.39 is 12.1 Å². The number of hydrogen-bond acceptors (Lipinski definition) is 5. The van der Waals surface area contributed by atoms with E-state index in [2.05, 4.69) is 9.97 Å². The molecule has 0 unspecified atom stereocenters.